The van der Waals surface area contributed by atoms with Crippen molar-refractivity contribution in [3.63, 3.8) is 0 Å². The molecule has 1 fully saturated rings. The first-order valence-electron chi connectivity index (χ1n) is 6.78. The minimum Gasteiger partial charge on any atom is -0.360 e. The molecular formula is C14H18F3N3S. The lowest BCUT2D eigenvalue weighted by Crippen LogP contribution is -2.44. The summed E-state index contributed by atoms with van der Waals surface area (Å²) in [6.07, 6.45) is -2.30. The number of nitrogens with zero attached hydrogens (tertiary/aromatic N) is 1. The molecule has 7 heteroatoms. The summed E-state index contributed by atoms with van der Waals surface area (Å²) in [5.74, 6) is 0. The fourth-order valence-corrected chi connectivity index (χ4v) is 2.53. The Morgan fingerprint density at radius 2 is 1.76 bits per heavy atom. The first-order valence-corrected chi connectivity index (χ1v) is 7.19. The van der Waals surface area contributed by atoms with Gasteiger partial charge < -0.3 is 15.5 Å². The zero-order valence-electron chi connectivity index (χ0n) is 11.7. The van der Waals surface area contributed by atoms with E-state index in [1.807, 2.05) is 0 Å². The van der Waals surface area contributed by atoms with Crippen molar-refractivity contribution < 1.29 is 13.2 Å². The van der Waals surface area contributed by atoms with Gasteiger partial charge in [-0.1, -0.05) is 0 Å². The lowest BCUT2D eigenvalue weighted by atomic mass is 10.1. The van der Waals surface area contributed by atoms with Gasteiger partial charge in [-0.15, -0.1) is 0 Å². The normalized spacial score (nSPS) is 17.5. The van der Waals surface area contributed by atoms with E-state index >= 15 is 0 Å². The van der Waals surface area contributed by atoms with Crippen LogP contribution in [-0.2, 0) is 6.18 Å². The second-order valence-electron chi connectivity index (χ2n) is 5.25. The summed E-state index contributed by atoms with van der Waals surface area (Å²) in [4.78, 5) is 2.25. The predicted octanol–water partition coefficient (Wildman–Crippen LogP) is 3.09. The molecule has 0 unspecified atom stereocenters. The summed E-state index contributed by atoms with van der Waals surface area (Å²) in [7, 11) is 2.08. The van der Waals surface area contributed by atoms with Gasteiger partial charge in [-0.05, 0) is 69.5 Å². The molecule has 0 amide bonds. The first kappa shape index (κ1) is 16.0. The van der Waals surface area contributed by atoms with Crippen molar-refractivity contribution in [2.75, 3.05) is 25.5 Å². The molecule has 0 aliphatic carbocycles. The monoisotopic (exact) mass is 317 g/mol. The molecule has 0 saturated carbocycles. The highest BCUT2D eigenvalue weighted by Gasteiger charge is 2.29. The molecule has 3 nitrogen and oxygen atoms in total. The van der Waals surface area contributed by atoms with Crippen molar-refractivity contribution in [3.05, 3.63) is 29.8 Å². The van der Waals surface area contributed by atoms with E-state index in [0.717, 1.165) is 38.1 Å². The number of nitrogens with one attached hydrogen (secondary N) is 2. The number of hydrogen-bond donors (Lipinski definition) is 2. The van der Waals surface area contributed by atoms with Crippen molar-refractivity contribution in [1.82, 2.24) is 10.2 Å². The highest BCUT2D eigenvalue weighted by atomic mass is 32.1. The number of benzene rings is 1. The summed E-state index contributed by atoms with van der Waals surface area (Å²) in [5.41, 5.74) is -0.115. The number of likely N-dealkylation sites (tertiary alicyclic amines) is 1. The molecule has 1 saturated heterocycles. The van der Waals surface area contributed by atoms with Gasteiger partial charge in [0.15, 0.2) is 5.11 Å². The van der Waals surface area contributed by atoms with E-state index in [1.165, 1.54) is 12.1 Å². The van der Waals surface area contributed by atoms with Crippen molar-refractivity contribution in [1.29, 1.82) is 0 Å². The first-order chi connectivity index (χ1) is 9.84. The average Bonchev–Trinajstić information content (AvgIpc) is 2.41. The van der Waals surface area contributed by atoms with E-state index in [2.05, 4.69) is 22.6 Å². The quantitative estimate of drug-likeness (QED) is 0.820. The fourth-order valence-electron chi connectivity index (χ4n) is 2.25. The van der Waals surface area contributed by atoms with Crippen LogP contribution >= 0.6 is 12.2 Å². The van der Waals surface area contributed by atoms with E-state index in [-0.39, 0.29) is 0 Å². The fraction of sp³-hybridized carbons (Fsp3) is 0.500. The van der Waals surface area contributed by atoms with E-state index in [9.17, 15) is 13.2 Å². The van der Waals surface area contributed by atoms with Crippen molar-refractivity contribution >= 4 is 23.0 Å². The number of anilines is 1. The summed E-state index contributed by atoms with van der Waals surface area (Å²) < 4.78 is 37.4. The van der Waals surface area contributed by atoms with Gasteiger partial charge in [-0.25, -0.2) is 0 Å². The van der Waals surface area contributed by atoms with Gasteiger partial charge in [-0.3, -0.25) is 0 Å². The van der Waals surface area contributed by atoms with Crippen molar-refractivity contribution in [3.8, 4) is 0 Å². The second kappa shape index (κ2) is 6.62. The third-order valence-electron chi connectivity index (χ3n) is 3.52. The Balaban J connectivity index is 1.85. The number of rotatable bonds is 2. The average molecular weight is 317 g/mol. The van der Waals surface area contributed by atoms with Crippen LogP contribution in [0.2, 0.25) is 0 Å². The number of halogens is 3. The summed E-state index contributed by atoms with van der Waals surface area (Å²) >= 11 is 5.19. The largest absolute Gasteiger partial charge is 0.416 e. The van der Waals surface area contributed by atoms with Crippen LogP contribution in [-0.4, -0.2) is 36.2 Å². The number of thiocarbonyl (C=S) groups is 1. The summed E-state index contributed by atoms with van der Waals surface area (Å²) in [6.45, 7) is 2.03. The third kappa shape index (κ3) is 4.86. The number of alkyl halides is 3. The molecule has 1 aromatic rings. The van der Waals surface area contributed by atoms with Crippen LogP contribution in [0.4, 0.5) is 18.9 Å². The Hall–Kier alpha value is -1.34. The number of piperidine rings is 1. The minimum absolute atomic E-state index is 0.315. The Labute approximate surface area is 127 Å². The van der Waals surface area contributed by atoms with E-state index in [0.29, 0.717) is 16.8 Å². The topological polar surface area (TPSA) is 27.3 Å². The molecule has 0 bridgehead atoms. The van der Waals surface area contributed by atoms with Gasteiger partial charge in [0, 0.05) is 11.7 Å². The highest BCUT2D eigenvalue weighted by Crippen LogP contribution is 2.29. The molecule has 0 atom stereocenters. The number of hydrogen-bond acceptors (Lipinski definition) is 2. The zero-order valence-corrected chi connectivity index (χ0v) is 12.5. The lowest BCUT2D eigenvalue weighted by Gasteiger charge is -2.30. The highest BCUT2D eigenvalue weighted by molar-refractivity contribution is 7.80. The Bertz CT molecular complexity index is 479. The van der Waals surface area contributed by atoms with Crippen LogP contribution < -0.4 is 10.6 Å². The van der Waals surface area contributed by atoms with Gasteiger partial charge in [-0.2, -0.15) is 13.2 Å². The van der Waals surface area contributed by atoms with Crippen LogP contribution in [0.25, 0.3) is 0 Å². The smallest absolute Gasteiger partial charge is 0.360 e. The molecule has 2 rings (SSSR count). The molecule has 21 heavy (non-hydrogen) atoms. The molecule has 1 aliphatic rings. The van der Waals surface area contributed by atoms with Crippen LogP contribution in [0.1, 0.15) is 18.4 Å². The molecule has 116 valence electrons. The van der Waals surface area contributed by atoms with Crippen LogP contribution in [0, 0.1) is 0 Å². The second-order valence-corrected chi connectivity index (χ2v) is 5.66. The SMILES string of the molecule is CN1CCC(NC(=S)Nc2ccc(C(F)(F)F)cc2)CC1. The van der Waals surface area contributed by atoms with E-state index < -0.39 is 11.7 Å². The Morgan fingerprint density at radius 3 is 2.29 bits per heavy atom. The molecule has 1 heterocycles. The van der Waals surface area contributed by atoms with Crippen molar-refractivity contribution in [2.24, 2.45) is 0 Å². The van der Waals surface area contributed by atoms with Gasteiger partial charge in [0.1, 0.15) is 0 Å². The summed E-state index contributed by atoms with van der Waals surface area (Å²) in [6, 6.07) is 5.16. The maximum Gasteiger partial charge on any atom is 0.416 e. The standard InChI is InChI=1S/C14H18F3N3S/c1-20-8-6-12(7-9-20)19-13(21)18-11-4-2-10(3-5-11)14(15,16)17/h2-5,12H,6-9H2,1H3,(H2,18,19,21). The summed E-state index contributed by atoms with van der Waals surface area (Å²) in [5, 5.41) is 6.57. The molecule has 1 aliphatic heterocycles. The zero-order chi connectivity index (χ0) is 15.5. The lowest BCUT2D eigenvalue weighted by molar-refractivity contribution is -0.137. The molecule has 0 spiro atoms. The molecule has 0 aromatic heterocycles. The maximum atomic E-state index is 12.5. The molecular weight excluding hydrogens is 299 g/mol. The van der Waals surface area contributed by atoms with Gasteiger partial charge in [0.05, 0.1) is 5.56 Å². The van der Waals surface area contributed by atoms with Crippen LogP contribution in [0.3, 0.4) is 0 Å². The molecule has 1 aromatic carbocycles. The van der Waals surface area contributed by atoms with Gasteiger partial charge in [0.25, 0.3) is 0 Å². The van der Waals surface area contributed by atoms with Crippen LogP contribution in [0.15, 0.2) is 24.3 Å². The van der Waals surface area contributed by atoms with Crippen LogP contribution in [0.5, 0.6) is 0 Å². The molecule has 2 N–H and O–H groups in total. The van der Waals surface area contributed by atoms with Gasteiger partial charge >= 0.3 is 6.18 Å². The minimum atomic E-state index is -4.31. The van der Waals surface area contributed by atoms with Crippen molar-refractivity contribution in [2.45, 2.75) is 25.1 Å². The van der Waals surface area contributed by atoms with E-state index in [4.69, 9.17) is 12.2 Å². The Kier molecular flexibility index (Phi) is 5.05. The predicted molar refractivity (Wildman–Crippen MR) is 81.3 cm³/mol. The third-order valence-corrected chi connectivity index (χ3v) is 3.74. The van der Waals surface area contributed by atoms with Gasteiger partial charge in [0.2, 0.25) is 0 Å². The molecule has 0 radical (unpaired) electrons. The van der Waals surface area contributed by atoms with E-state index in [1.54, 1.807) is 0 Å². The maximum absolute atomic E-state index is 12.5. The Morgan fingerprint density at radius 1 is 1.19 bits per heavy atom.